The smallest absolute Gasteiger partial charge is 0.227 e. The molecule has 1 N–H and O–H groups in total. The molecule has 3 aromatic rings. The molecule has 0 saturated carbocycles. The molecule has 0 spiro atoms. The fraction of sp³-hybridized carbons (Fsp3) is 0.308. The van der Waals surface area contributed by atoms with E-state index in [0.29, 0.717) is 0 Å². The highest BCUT2D eigenvalue weighted by Gasteiger charge is 2.24. The lowest BCUT2D eigenvalue weighted by molar-refractivity contribution is -0.125. The predicted molar refractivity (Wildman–Crippen MR) is 125 cm³/mol. The third-order valence-electron chi connectivity index (χ3n) is 6.14. The monoisotopic (exact) mass is 451 g/mol. The molecule has 2 heterocycles. The number of amides is 1. The van der Waals surface area contributed by atoms with Gasteiger partial charge in [0.05, 0.1) is 12.6 Å². The first-order valence-corrected chi connectivity index (χ1v) is 11.1. The number of piperidine rings is 1. The lowest BCUT2D eigenvalue weighted by atomic mass is 9.95. The Balaban J connectivity index is 1.27. The summed E-state index contributed by atoms with van der Waals surface area (Å²) in [6.45, 7) is 2.59. The zero-order valence-corrected chi connectivity index (χ0v) is 18.6. The molecule has 7 heteroatoms. The van der Waals surface area contributed by atoms with Crippen LogP contribution in [-0.2, 0) is 11.2 Å². The summed E-state index contributed by atoms with van der Waals surface area (Å²) in [6.07, 6.45) is 7.02. The number of methoxy groups -OCH3 is 1. The highest BCUT2D eigenvalue weighted by Crippen LogP contribution is 2.24. The van der Waals surface area contributed by atoms with Crippen molar-refractivity contribution in [3.8, 4) is 5.75 Å². The van der Waals surface area contributed by atoms with E-state index in [0.717, 1.165) is 73.7 Å². The first-order valence-electron chi connectivity index (χ1n) is 11.1. The minimum Gasteiger partial charge on any atom is -0.497 e. The van der Waals surface area contributed by atoms with Gasteiger partial charge in [-0.3, -0.25) is 9.78 Å². The Kier molecular flexibility index (Phi) is 7.29. The molecule has 1 fully saturated rings. The van der Waals surface area contributed by atoms with Gasteiger partial charge in [-0.2, -0.15) is 0 Å². The van der Waals surface area contributed by atoms with Crippen molar-refractivity contribution in [2.75, 3.05) is 26.7 Å². The van der Waals surface area contributed by atoms with Crippen LogP contribution in [0.5, 0.6) is 5.75 Å². The topological polar surface area (TPSA) is 54.5 Å². The second-order valence-electron chi connectivity index (χ2n) is 8.23. The van der Waals surface area contributed by atoms with Gasteiger partial charge in [0.1, 0.15) is 17.4 Å². The number of halogens is 2. The first-order chi connectivity index (χ1) is 16.0. The normalized spacial score (nSPS) is 15.2. The SMILES string of the molecule is COc1ccc2nccc(CCN3CCC(C(=O)N/C=C/c4cc(F)ccc4F)CC3)c2c1. The highest BCUT2D eigenvalue weighted by atomic mass is 19.1. The van der Waals surface area contributed by atoms with Crippen LogP contribution in [0.1, 0.15) is 24.0 Å². The summed E-state index contributed by atoms with van der Waals surface area (Å²) in [4.78, 5) is 19.3. The maximum absolute atomic E-state index is 13.7. The molecule has 0 aliphatic carbocycles. The molecule has 1 amide bonds. The van der Waals surface area contributed by atoms with E-state index in [-0.39, 0.29) is 17.4 Å². The van der Waals surface area contributed by atoms with E-state index in [4.69, 9.17) is 4.74 Å². The van der Waals surface area contributed by atoms with Gasteiger partial charge in [-0.15, -0.1) is 0 Å². The number of aromatic nitrogens is 1. The number of ether oxygens (including phenoxy) is 1. The number of hydrogen-bond acceptors (Lipinski definition) is 4. The van der Waals surface area contributed by atoms with Gasteiger partial charge in [0.2, 0.25) is 5.91 Å². The van der Waals surface area contributed by atoms with Crippen molar-refractivity contribution in [3.05, 3.63) is 77.6 Å². The third-order valence-corrected chi connectivity index (χ3v) is 6.14. The molecule has 0 unspecified atom stereocenters. The Bertz CT molecular complexity index is 1160. The number of carbonyl (C=O) groups is 1. The van der Waals surface area contributed by atoms with Crippen LogP contribution in [-0.4, -0.2) is 42.5 Å². The van der Waals surface area contributed by atoms with E-state index in [2.05, 4.69) is 21.3 Å². The number of fused-ring (bicyclic) bond motifs is 1. The summed E-state index contributed by atoms with van der Waals surface area (Å²) in [7, 11) is 1.66. The summed E-state index contributed by atoms with van der Waals surface area (Å²) in [5.41, 5.74) is 2.29. The van der Waals surface area contributed by atoms with Gasteiger partial charge in [0.25, 0.3) is 0 Å². The second-order valence-corrected chi connectivity index (χ2v) is 8.23. The quantitative estimate of drug-likeness (QED) is 0.572. The summed E-state index contributed by atoms with van der Waals surface area (Å²) < 4.78 is 32.3. The van der Waals surface area contributed by atoms with Gasteiger partial charge >= 0.3 is 0 Å². The predicted octanol–water partition coefficient (Wildman–Crippen LogP) is 4.56. The lowest BCUT2D eigenvalue weighted by Crippen LogP contribution is -2.40. The lowest BCUT2D eigenvalue weighted by Gasteiger charge is -2.31. The van der Waals surface area contributed by atoms with E-state index in [1.54, 1.807) is 7.11 Å². The molecule has 1 saturated heterocycles. The van der Waals surface area contributed by atoms with Gasteiger partial charge in [0.15, 0.2) is 0 Å². The maximum atomic E-state index is 13.7. The van der Waals surface area contributed by atoms with Crippen molar-refractivity contribution in [1.82, 2.24) is 15.2 Å². The second kappa shape index (κ2) is 10.5. The van der Waals surface area contributed by atoms with Crippen LogP contribution >= 0.6 is 0 Å². The van der Waals surface area contributed by atoms with Gasteiger partial charge in [-0.25, -0.2) is 8.78 Å². The van der Waals surface area contributed by atoms with Crippen LogP contribution in [0.4, 0.5) is 8.78 Å². The largest absolute Gasteiger partial charge is 0.497 e. The van der Waals surface area contributed by atoms with Crippen LogP contribution in [0.25, 0.3) is 17.0 Å². The molecule has 33 heavy (non-hydrogen) atoms. The number of hydrogen-bond donors (Lipinski definition) is 1. The minimum absolute atomic E-state index is 0.0880. The standard InChI is InChI=1S/C26H27F2N3O2/c1-33-22-3-5-25-23(17-22)18(6-11-29-25)8-13-31-14-9-19(10-15-31)26(32)30-12-7-20-16-21(27)2-4-24(20)28/h2-7,11-12,16-17,19H,8-10,13-15H2,1H3,(H,30,32)/b12-7+. The summed E-state index contributed by atoms with van der Waals surface area (Å²) >= 11 is 0. The molecule has 0 radical (unpaired) electrons. The van der Waals surface area contributed by atoms with E-state index in [1.807, 2.05) is 24.4 Å². The average Bonchev–Trinajstić information content (AvgIpc) is 2.84. The molecule has 1 aliphatic heterocycles. The maximum Gasteiger partial charge on any atom is 0.227 e. The van der Waals surface area contributed by atoms with Crippen molar-refractivity contribution in [1.29, 1.82) is 0 Å². The van der Waals surface area contributed by atoms with Crippen LogP contribution in [0.3, 0.4) is 0 Å². The minimum atomic E-state index is -0.532. The number of nitrogens with zero attached hydrogens (tertiary/aromatic N) is 2. The fourth-order valence-corrected chi connectivity index (χ4v) is 4.20. The van der Waals surface area contributed by atoms with Crippen LogP contribution in [0.2, 0.25) is 0 Å². The number of nitrogens with one attached hydrogen (secondary N) is 1. The molecule has 0 atom stereocenters. The molecule has 2 aromatic carbocycles. The molecule has 1 aliphatic rings. The summed E-state index contributed by atoms with van der Waals surface area (Å²) in [6, 6.07) is 11.2. The third kappa shape index (κ3) is 5.73. The number of benzene rings is 2. The number of rotatable bonds is 7. The number of carbonyl (C=O) groups excluding carboxylic acids is 1. The fourth-order valence-electron chi connectivity index (χ4n) is 4.20. The van der Waals surface area contributed by atoms with Crippen molar-refractivity contribution >= 4 is 22.9 Å². The van der Waals surface area contributed by atoms with Gasteiger partial charge < -0.3 is 15.0 Å². The van der Waals surface area contributed by atoms with Gasteiger partial charge in [-0.1, -0.05) is 0 Å². The van der Waals surface area contributed by atoms with Crippen LogP contribution in [0, 0.1) is 17.6 Å². The molecule has 172 valence electrons. The van der Waals surface area contributed by atoms with Crippen molar-refractivity contribution < 1.29 is 18.3 Å². The Hall–Kier alpha value is -3.32. The van der Waals surface area contributed by atoms with E-state index < -0.39 is 11.6 Å². The molecular weight excluding hydrogens is 424 g/mol. The zero-order chi connectivity index (χ0) is 23.2. The van der Waals surface area contributed by atoms with Crippen molar-refractivity contribution in [3.63, 3.8) is 0 Å². The Morgan fingerprint density at radius 1 is 1.18 bits per heavy atom. The number of pyridine rings is 1. The molecule has 5 nitrogen and oxygen atoms in total. The Morgan fingerprint density at radius 3 is 2.79 bits per heavy atom. The van der Waals surface area contributed by atoms with Gasteiger partial charge in [-0.05, 0) is 86.5 Å². The van der Waals surface area contributed by atoms with Crippen molar-refractivity contribution in [2.45, 2.75) is 19.3 Å². The summed E-state index contributed by atoms with van der Waals surface area (Å²) in [5.74, 6) is -0.411. The van der Waals surface area contributed by atoms with E-state index in [9.17, 15) is 13.6 Å². The Morgan fingerprint density at radius 2 is 2.00 bits per heavy atom. The molecule has 0 bridgehead atoms. The van der Waals surface area contributed by atoms with E-state index in [1.165, 1.54) is 17.8 Å². The molecule has 4 rings (SSSR count). The number of likely N-dealkylation sites (tertiary alicyclic amines) is 1. The average molecular weight is 452 g/mol. The van der Waals surface area contributed by atoms with Crippen molar-refractivity contribution in [2.24, 2.45) is 5.92 Å². The van der Waals surface area contributed by atoms with E-state index >= 15 is 0 Å². The zero-order valence-electron chi connectivity index (χ0n) is 18.6. The highest BCUT2D eigenvalue weighted by molar-refractivity contribution is 5.83. The Labute approximate surface area is 192 Å². The molecular formula is C26H27F2N3O2. The molecule has 1 aromatic heterocycles. The van der Waals surface area contributed by atoms with Crippen LogP contribution < -0.4 is 10.1 Å². The summed E-state index contributed by atoms with van der Waals surface area (Å²) in [5, 5.41) is 3.81. The van der Waals surface area contributed by atoms with Crippen LogP contribution in [0.15, 0.2) is 54.9 Å². The van der Waals surface area contributed by atoms with Gasteiger partial charge in [0, 0.05) is 35.8 Å². The first kappa shape index (κ1) is 22.9.